The zero-order valence-corrected chi connectivity index (χ0v) is 19.0. The first-order chi connectivity index (χ1) is 16.9. The molecule has 1 aromatic heterocycles. The predicted molar refractivity (Wildman–Crippen MR) is 126 cm³/mol. The van der Waals surface area contributed by atoms with Gasteiger partial charge in [-0.3, -0.25) is 9.78 Å². The molecule has 3 aromatic rings. The summed E-state index contributed by atoms with van der Waals surface area (Å²) < 4.78 is 47.8. The number of nitrogens with two attached hydrogens (primary N) is 1. The number of anilines is 1. The Labute approximate surface area is 201 Å². The molecule has 1 aliphatic rings. The second-order valence-corrected chi connectivity index (χ2v) is 8.48. The van der Waals surface area contributed by atoms with Crippen molar-refractivity contribution < 1.29 is 22.7 Å². The SMILES string of the molecule is N[C@H](C(=O)Nc1cncc(F)c1CC[C@@H]1CNCCO1)[C@H](c1ccc(F)cc1)c1cccc(F)c1. The van der Waals surface area contributed by atoms with Crippen LogP contribution >= 0.6 is 0 Å². The van der Waals surface area contributed by atoms with Gasteiger partial charge in [-0.15, -0.1) is 0 Å². The highest BCUT2D eigenvalue weighted by Crippen LogP contribution is 2.29. The molecule has 9 heteroatoms. The van der Waals surface area contributed by atoms with Crippen LogP contribution in [0.3, 0.4) is 0 Å². The molecule has 0 unspecified atom stereocenters. The molecule has 2 aromatic carbocycles. The van der Waals surface area contributed by atoms with Crippen LogP contribution in [0.4, 0.5) is 18.9 Å². The largest absolute Gasteiger partial charge is 0.376 e. The van der Waals surface area contributed by atoms with E-state index in [1.54, 1.807) is 6.07 Å². The van der Waals surface area contributed by atoms with Gasteiger partial charge in [-0.25, -0.2) is 13.2 Å². The van der Waals surface area contributed by atoms with Gasteiger partial charge in [0.1, 0.15) is 17.5 Å². The molecule has 2 heterocycles. The van der Waals surface area contributed by atoms with E-state index in [9.17, 15) is 18.0 Å². The van der Waals surface area contributed by atoms with E-state index in [4.69, 9.17) is 10.5 Å². The van der Waals surface area contributed by atoms with Crippen LogP contribution in [-0.2, 0) is 16.0 Å². The lowest BCUT2D eigenvalue weighted by molar-refractivity contribution is -0.117. The van der Waals surface area contributed by atoms with Gasteiger partial charge in [0, 0.05) is 24.6 Å². The third-order valence-corrected chi connectivity index (χ3v) is 6.08. The summed E-state index contributed by atoms with van der Waals surface area (Å²) in [4.78, 5) is 17.1. The Balaban J connectivity index is 1.56. The van der Waals surface area contributed by atoms with Crippen LogP contribution in [-0.4, -0.2) is 42.7 Å². The van der Waals surface area contributed by atoms with E-state index >= 15 is 0 Å². The first-order valence-electron chi connectivity index (χ1n) is 11.4. The number of hydrogen-bond donors (Lipinski definition) is 3. The van der Waals surface area contributed by atoms with E-state index in [-0.39, 0.29) is 11.8 Å². The van der Waals surface area contributed by atoms with Crippen LogP contribution < -0.4 is 16.4 Å². The summed E-state index contributed by atoms with van der Waals surface area (Å²) in [6.45, 7) is 2.04. The van der Waals surface area contributed by atoms with Crippen LogP contribution in [0, 0.1) is 17.5 Å². The summed E-state index contributed by atoms with van der Waals surface area (Å²) in [5, 5.41) is 5.93. The highest BCUT2D eigenvalue weighted by atomic mass is 19.1. The van der Waals surface area contributed by atoms with Gasteiger partial charge in [0.25, 0.3) is 0 Å². The fourth-order valence-corrected chi connectivity index (χ4v) is 4.28. The average molecular weight is 485 g/mol. The van der Waals surface area contributed by atoms with E-state index in [1.165, 1.54) is 48.7 Å². The number of hydrogen-bond acceptors (Lipinski definition) is 5. The van der Waals surface area contributed by atoms with Crippen molar-refractivity contribution in [2.75, 3.05) is 25.0 Å². The van der Waals surface area contributed by atoms with E-state index in [0.717, 1.165) is 12.7 Å². The third kappa shape index (κ3) is 6.25. The molecule has 35 heavy (non-hydrogen) atoms. The number of ether oxygens (including phenoxy) is 1. The fraction of sp³-hybridized carbons (Fsp3) is 0.308. The molecule has 184 valence electrons. The molecule has 4 rings (SSSR count). The highest BCUT2D eigenvalue weighted by molar-refractivity contribution is 5.96. The van der Waals surface area contributed by atoms with Gasteiger partial charge in [-0.2, -0.15) is 0 Å². The highest BCUT2D eigenvalue weighted by Gasteiger charge is 2.29. The molecule has 4 N–H and O–H groups in total. The van der Waals surface area contributed by atoms with Crippen LogP contribution in [0.1, 0.15) is 29.0 Å². The molecule has 0 bridgehead atoms. The minimum absolute atomic E-state index is 0.0574. The van der Waals surface area contributed by atoms with Crippen molar-refractivity contribution in [2.45, 2.75) is 30.9 Å². The zero-order chi connectivity index (χ0) is 24.8. The number of morpholine rings is 1. The second-order valence-electron chi connectivity index (χ2n) is 8.48. The molecule has 0 radical (unpaired) electrons. The lowest BCUT2D eigenvalue weighted by Gasteiger charge is -2.25. The Kier molecular flexibility index (Phi) is 8.12. The van der Waals surface area contributed by atoms with Gasteiger partial charge in [0.05, 0.1) is 36.8 Å². The monoisotopic (exact) mass is 484 g/mol. The van der Waals surface area contributed by atoms with Crippen molar-refractivity contribution in [2.24, 2.45) is 5.73 Å². The molecule has 1 aliphatic heterocycles. The van der Waals surface area contributed by atoms with Gasteiger partial charge in [-0.1, -0.05) is 24.3 Å². The number of rotatable bonds is 8. The lowest BCUT2D eigenvalue weighted by Crippen LogP contribution is -2.41. The molecule has 1 fully saturated rings. The number of carbonyl (C=O) groups excluding carboxylic acids is 1. The summed E-state index contributed by atoms with van der Waals surface area (Å²) in [7, 11) is 0. The van der Waals surface area contributed by atoms with Gasteiger partial charge in [0.2, 0.25) is 5.91 Å². The molecule has 0 spiro atoms. The minimum Gasteiger partial charge on any atom is -0.376 e. The molecule has 1 amide bonds. The van der Waals surface area contributed by atoms with E-state index in [1.807, 2.05) is 0 Å². The van der Waals surface area contributed by atoms with Gasteiger partial charge >= 0.3 is 0 Å². The molecular weight excluding hydrogens is 457 g/mol. The molecule has 1 saturated heterocycles. The predicted octanol–water partition coefficient (Wildman–Crippen LogP) is 3.52. The smallest absolute Gasteiger partial charge is 0.242 e. The number of nitrogens with one attached hydrogen (secondary N) is 2. The van der Waals surface area contributed by atoms with Gasteiger partial charge < -0.3 is 21.1 Å². The van der Waals surface area contributed by atoms with Crippen LogP contribution in [0.15, 0.2) is 60.9 Å². The van der Waals surface area contributed by atoms with Crippen molar-refractivity contribution in [1.82, 2.24) is 10.3 Å². The van der Waals surface area contributed by atoms with E-state index in [0.29, 0.717) is 42.7 Å². The maximum Gasteiger partial charge on any atom is 0.242 e. The summed E-state index contributed by atoms with van der Waals surface area (Å²) in [5.74, 6) is -2.85. The number of benzene rings is 2. The molecule has 0 saturated carbocycles. The van der Waals surface area contributed by atoms with Crippen molar-refractivity contribution in [3.05, 3.63) is 95.1 Å². The maximum atomic E-state index is 14.6. The van der Waals surface area contributed by atoms with Crippen LogP contribution in [0.25, 0.3) is 0 Å². The van der Waals surface area contributed by atoms with Gasteiger partial charge in [-0.05, 0) is 48.2 Å². The zero-order valence-electron chi connectivity index (χ0n) is 19.0. The standard InChI is InChI=1S/C26H27F3N4O2/c27-18-6-4-16(5-7-18)24(17-2-1-3-19(28)12-17)25(30)26(34)33-23-15-32-14-22(29)21(23)9-8-20-13-31-10-11-35-20/h1-7,12,14-15,20,24-25,31H,8-11,13,30H2,(H,33,34)/t20-,24-,25+/m1/s1. The van der Waals surface area contributed by atoms with E-state index in [2.05, 4.69) is 15.6 Å². The molecule has 3 atom stereocenters. The van der Waals surface area contributed by atoms with Crippen LogP contribution in [0.2, 0.25) is 0 Å². The Morgan fingerprint density at radius 2 is 1.91 bits per heavy atom. The average Bonchev–Trinajstić information content (AvgIpc) is 2.85. The molecule has 6 nitrogen and oxygen atoms in total. The number of pyridine rings is 1. The number of nitrogens with zero attached hydrogens (tertiary/aromatic N) is 1. The normalized spacial score (nSPS) is 17.5. The lowest BCUT2D eigenvalue weighted by atomic mass is 9.85. The van der Waals surface area contributed by atoms with E-state index < -0.39 is 35.3 Å². The van der Waals surface area contributed by atoms with Crippen LogP contribution in [0.5, 0.6) is 0 Å². The summed E-state index contributed by atoms with van der Waals surface area (Å²) in [5.41, 5.74) is 7.89. The Bertz CT molecular complexity index is 1150. The maximum absolute atomic E-state index is 14.6. The van der Waals surface area contributed by atoms with Crippen molar-refractivity contribution >= 4 is 11.6 Å². The second kappa shape index (κ2) is 11.4. The van der Waals surface area contributed by atoms with Crippen molar-refractivity contribution in [1.29, 1.82) is 0 Å². The number of aromatic nitrogens is 1. The Morgan fingerprint density at radius 3 is 2.63 bits per heavy atom. The minimum atomic E-state index is -1.18. The number of halogens is 3. The summed E-state index contributed by atoms with van der Waals surface area (Å²) in [6, 6.07) is 10.1. The third-order valence-electron chi connectivity index (χ3n) is 6.08. The van der Waals surface area contributed by atoms with Crippen molar-refractivity contribution in [3.63, 3.8) is 0 Å². The summed E-state index contributed by atoms with van der Waals surface area (Å²) >= 11 is 0. The summed E-state index contributed by atoms with van der Waals surface area (Å²) in [6.07, 6.45) is 3.30. The fourth-order valence-electron chi connectivity index (χ4n) is 4.28. The number of carbonyl (C=O) groups is 1. The van der Waals surface area contributed by atoms with Crippen molar-refractivity contribution in [3.8, 4) is 0 Å². The Hall–Kier alpha value is -3.27. The Morgan fingerprint density at radius 1 is 1.11 bits per heavy atom. The van der Waals surface area contributed by atoms with Gasteiger partial charge in [0.15, 0.2) is 0 Å². The molecule has 0 aliphatic carbocycles. The topological polar surface area (TPSA) is 89.3 Å². The number of amides is 1. The first-order valence-corrected chi connectivity index (χ1v) is 11.4. The first kappa shape index (κ1) is 24.8. The molecular formula is C26H27F3N4O2. The quantitative estimate of drug-likeness (QED) is 0.455.